The minimum absolute atomic E-state index is 0.120. The highest BCUT2D eigenvalue weighted by molar-refractivity contribution is 5.98. The fourth-order valence-electron chi connectivity index (χ4n) is 6.33. The van der Waals surface area contributed by atoms with Crippen molar-refractivity contribution >= 4 is 23.6 Å². The first-order valence-corrected chi connectivity index (χ1v) is 17.1. The molecule has 4 N–H and O–H groups in total. The Morgan fingerprint density at radius 2 is 1.84 bits per heavy atom. The molecule has 13 nitrogen and oxygen atoms in total. The molecule has 4 heterocycles. The van der Waals surface area contributed by atoms with Gasteiger partial charge in [0.05, 0.1) is 13.0 Å². The van der Waals surface area contributed by atoms with Gasteiger partial charge in [0.15, 0.2) is 5.82 Å². The lowest BCUT2D eigenvalue weighted by Gasteiger charge is -2.34. The molecule has 2 aromatic carbocycles. The molecule has 260 valence electrons. The standard InChI is InChI=1S/C37H42N8O5/c1-24-9-11-29-20-28(24)22-39-35(47)30(12-10-25-6-3-2-4-7-25)40-36(48)31(21-32(46)45-18-5-8-26(23-45)15-19-50-29)41-37(49)34-42-33(43-44-34)27-13-16-38-17-14-27/h2-4,6-7,9,11,13-14,16-17,20,26,30-31H,5,8,10,12,15,18-19,21-23H2,1H3,(H,39,47)(H,40,48)(H,41,49)(H,42,43,44)/t26?,30-,31-/m0/s1. The lowest BCUT2D eigenvalue weighted by Crippen LogP contribution is -2.55. The van der Waals surface area contributed by atoms with E-state index in [1.54, 1.807) is 29.4 Å². The first kappa shape index (κ1) is 34.3. The molecular formula is C37H42N8O5. The van der Waals surface area contributed by atoms with Crippen molar-refractivity contribution < 1.29 is 23.9 Å². The SMILES string of the molecule is Cc1ccc2cc1CNC(=O)[C@H](CCc1ccccc1)NC(=O)[C@@H](NC(=O)c1nc(-c3ccncc3)n[nH]1)CC(=O)N1CCCC(CCO2)C1. The van der Waals surface area contributed by atoms with Crippen LogP contribution in [0.1, 0.15) is 59.4 Å². The normalized spacial score (nSPS) is 20.5. The third-order valence-electron chi connectivity index (χ3n) is 9.28. The average molecular weight is 679 g/mol. The Morgan fingerprint density at radius 1 is 1.02 bits per heavy atom. The van der Waals surface area contributed by atoms with Crippen molar-refractivity contribution in [3.8, 4) is 17.1 Å². The quantitative estimate of drug-likeness (QED) is 0.241. The molecular weight excluding hydrogens is 636 g/mol. The van der Waals surface area contributed by atoms with Gasteiger partial charge in [0, 0.05) is 37.6 Å². The number of amides is 4. The molecule has 0 spiro atoms. The predicted molar refractivity (Wildman–Crippen MR) is 185 cm³/mol. The predicted octanol–water partition coefficient (Wildman–Crippen LogP) is 3.12. The van der Waals surface area contributed by atoms with E-state index in [-0.39, 0.29) is 42.3 Å². The summed E-state index contributed by atoms with van der Waals surface area (Å²) in [5, 5.41) is 15.3. The molecule has 13 heteroatoms. The molecule has 0 saturated carbocycles. The number of aromatic nitrogens is 4. The number of hydrogen-bond acceptors (Lipinski definition) is 8. The van der Waals surface area contributed by atoms with Crippen LogP contribution in [0.25, 0.3) is 11.4 Å². The Morgan fingerprint density at radius 3 is 2.66 bits per heavy atom. The molecule has 4 bridgehead atoms. The van der Waals surface area contributed by atoms with Crippen molar-refractivity contribution in [1.29, 1.82) is 0 Å². The van der Waals surface area contributed by atoms with Crippen molar-refractivity contribution in [3.05, 3.63) is 95.6 Å². The molecule has 1 unspecified atom stereocenters. The molecule has 0 radical (unpaired) electrons. The van der Waals surface area contributed by atoms with Crippen LogP contribution in [0.5, 0.6) is 5.75 Å². The average Bonchev–Trinajstić information content (AvgIpc) is 3.64. The number of piperidine rings is 1. The monoisotopic (exact) mass is 678 g/mol. The fraction of sp³-hybridized carbons (Fsp3) is 0.378. The van der Waals surface area contributed by atoms with E-state index in [9.17, 15) is 19.2 Å². The lowest BCUT2D eigenvalue weighted by molar-refractivity contribution is -0.137. The maximum absolute atomic E-state index is 14.0. The summed E-state index contributed by atoms with van der Waals surface area (Å²) in [6, 6.07) is 16.7. The summed E-state index contributed by atoms with van der Waals surface area (Å²) in [5.41, 5.74) is 3.56. The second-order valence-corrected chi connectivity index (χ2v) is 12.9. The zero-order chi connectivity index (χ0) is 34.9. The van der Waals surface area contributed by atoms with Crippen molar-refractivity contribution in [2.24, 2.45) is 5.92 Å². The largest absolute Gasteiger partial charge is 0.494 e. The number of rotatable bonds is 6. The molecule has 2 aromatic heterocycles. The van der Waals surface area contributed by atoms with Crippen LogP contribution < -0.4 is 20.7 Å². The molecule has 1 fully saturated rings. The van der Waals surface area contributed by atoms with Gasteiger partial charge in [-0.05, 0) is 85.9 Å². The van der Waals surface area contributed by atoms with Crippen LogP contribution in [0.4, 0.5) is 0 Å². The smallest absolute Gasteiger partial charge is 0.289 e. The Labute approximate surface area is 290 Å². The van der Waals surface area contributed by atoms with Crippen molar-refractivity contribution in [2.45, 2.75) is 64.1 Å². The van der Waals surface area contributed by atoms with Gasteiger partial charge in [-0.1, -0.05) is 36.4 Å². The Kier molecular flexibility index (Phi) is 11.1. The summed E-state index contributed by atoms with van der Waals surface area (Å²) in [6.07, 6.45) is 6.25. The number of nitrogens with zero attached hydrogens (tertiary/aromatic N) is 4. The Hall–Kier alpha value is -5.59. The number of aryl methyl sites for hydroxylation is 2. The number of fused-ring (bicyclic) bond motifs is 4. The van der Waals surface area contributed by atoms with Gasteiger partial charge in [-0.25, -0.2) is 4.98 Å². The van der Waals surface area contributed by atoms with E-state index in [0.29, 0.717) is 38.1 Å². The first-order chi connectivity index (χ1) is 24.3. The number of pyridine rings is 1. The summed E-state index contributed by atoms with van der Waals surface area (Å²) >= 11 is 0. The van der Waals surface area contributed by atoms with Gasteiger partial charge in [-0.3, -0.25) is 29.3 Å². The summed E-state index contributed by atoms with van der Waals surface area (Å²) in [6.45, 7) is 3.79. The number of nitrogens with one attached hydrogen (secondary N) is 4. The zero-order valence-electron chi connectivity index (χ0n) is 28.1. The number of H-pyrrole nitrogens is 1. The number of hydrogen-bond donors (Lipinski definition) is 4. The maximum atomic E-state index is 14.0. The summed E-state index contributed by atoms with van der Waals surface area (Å²) in [7, 11) is 0. The number of carbonyl (C=O) groups excluding carboxylic acids is 4. The van der Waals surface area contributed by atoms with Gasteiger partial charge in [-0.15, -0.1) is 0 Å². The van der Waals surface area contributed by atoms with Crippen LogP contribution in [-0.4, -0.2) is 80.5 Å². The van der Waals surface area contributed by atoms with Crippen LogP contribution in [-0.2, 0) is 27.3 Å². The molecule has 3 atom stereocenters. The van der Waals surface area contributed by atoms with E-state index >= 15 is 0 Å². The van der Waals surface area contributed by atoms with Gasteiger partial charge >= 0.3 is 0 Å². The zero-order valence-corrected chi connectivity index (χ0v) is 28.1. The van der Waals surface area contributed by atoms with Gasteiger partial charge < -0.3 is 25.6 Å². The first-order valence-electron chi connectivity index (χ1n) is 17.1. The fourth-order valence-corrected chi connectivity index (χ4v) is 6.33. The molecule has 2 aliphatic rings. The molecule has 4 aromatic rings. The Balaban J connectivity index is 1.26. The van der Waals surface area contributed by atoms with Crippen molar-refractivity contribution in [1.82, 2.24) is 41.0 Å². The molecule has 50 heavy (non-hydrogen) atoms. The third-order valence-corrected chi connectivity index (χ3v) is 9.28. The van der Waals surface area contributed by atoms with E-state index in [1.807, 2.05) is 55.5 Å². The van der Waals surface area contributed by atoms with Gasteiger partial charge in [-0.2, -0.15) is 5.10 Å². The summed E-state index contributed by atoms with van der Waals surface area (Å²) in [5.74, 6) is -0.876. The van der Waals surface area contributed by atoms with Crippen LogP contribution in [0.2, 0.25) is 0 Å². The summed E-state index contributed by atoms with van der Waals surface area (Å²) < 4.78 is 6.11. The highest BCUT2D eigenvalue weighted by Gasteiger charge is 2.32. The van der Waals surface area contributed by atoms with Gasteiger partial charge in [0.1, 0.15) is 17.8 Å². The number of ether oxygens (including phenoxy) is 1. The highest BCUT2D eigenvalue weighted by atomic mass is 16.5. The van der Waals surface area contributed by atoms with Crippen LogP contribution in [0, 0.1) is 12.8 Å². The molecule has 4 amide bonds. The number of carbonyl (C=O) groups is 4. The van der Waals surface area contributed by atoms with Crippen LogP contribution >= 0.6 is 0 Å². The third kappa shape index (κ3) is 8.90. The van der Waals surface area contributed by atoms with E-state index < -0.39 is 23.9 Å². The number of aromatic amines is 1. The topological polar surface area (TPSA) is 171 Å². The van der Waals surface area contributed by atoms with E-state index in [4.69, 9.17) is 4.74 Å². The molecule has 2 aliphatic heterocycles. The Bertz CT molecular complexity index is 1800. The number of benzene rings is 2. The second-order valence-electron chi connectivity index (χ2n) is 12.9. The van der Waals surface area contributed by atoms with Gasteiger partial charge in [0.25, 0.3) is 5.91 Å². The van der Waals surface area contributed by atoms with Crippen LogP contribution in [0.15, 0.2) is 73.1 Å². The van der Waals surface area contributed by atoms with E-state index in [0.717, 1.165) is 41.7 Å². The second kappa shape index (κ2) is 16.2. The maximum Gasteiger partial charge on any atom is 0.289 e. The van der Waals surface area contributed by atoms with Gasteiger partial charge in [0.2, 0.25) is 23.5 Å². The summed E-state index contributed by atoms with van der Waals surface area (Å²) in [4.78, 5) is 65.0. The molecule has 0 aliphatic carbocycles. The van der Waals surface area contributed by atoms with E-state index in [2.05, 4.69) is 36.1 Å². The minimum atomic E-state index is -1.28. The van der Waals surface area contributed by atoms with Crippen LogP contribution in [0.3, 0.4) is 0 Å². The van der Waals surface area contributed by atoms with E-state index in [1.165, 1.54) is 0 Å². The lowest BCUT2D eigenvalue weighted by atomic mass is 9.94. The molecule has 6 rings (SSSR count). The minimum Gasteiger partial charge on any atom is -0.494 e. The van der Waals surface area contributed by atoms with Crippen molar-refractivity contribution in [3.63, 3.8) is 0 Å². The van der Waals surface area contributed by atoms with Crippen molar-refractivity contribution in [2.75, 3.05) is 19.7 Å². The highest BCUT2D eigenvalue weighted by Crippen LogP contribution is 2.23. The molecule has 1 saturated heterocycles.